The van der Waals surface area contributed by atoms with E-state index < -0.39 is 34.0 Å². The Balaban J connectivity index is 0.000000180. The van der Waals surface area contributed by atoms with Gasteiger partial charge >= 0.3 is 24.3 Å². The molecule has 6 aromatic rings. The first-order valence-corrected chi connectivity index (χ1v) is 24.9. The molecule has 12 nitrogen and oxygen atoms in total. The predicted molar refractivity (Wildman–Crippen MR) is 263 cm³/mol. The first kappa shape index (κ1) is 51.2. The Morgan fingerprint density at radius 2 is 1.00 bits per heavy atom. The Morgan fingerprint density at radius 3 is 1.38 bits per heavy atom. The maximum atomic E-state index is 13.7. The van der Waals surface area contributed by atoms with E-state index in [9.17, 15) is 45.5 Å². The zero-order valence-corrected chi connectivity index (χ0v) is 40.8. The number of benzene rings is 4. The van der Waals surface area contributed by atoms with E-state index in [2.05, 4.69) is 0 Å². The number of alkyl halides is 6. The van der Waals surface area contributed by atoms with Gasteiger partial charge in [0.25, 0.3) is 0 Å². The molecule has 0 aliphatic carbocycles. The number of carboxylic acid groups (broad SMARTS) is 1. The standard InChI is InChI=1S/C27H25F3N2O4S.C26H23F3N2O4S/c1-35-26(34)19-13-31(14-19)15-24(33)32-10-9-18-11-20(7-8-23(18)32)36-16-21-12-22(17-5-3-2-4-6-17)25(37-21)27(28,29)30;27-26(28,29)24-21(16-4-2-1-3-5-16)11-20(36-24)15-35-19-6-7-22-17(10-19)8-9-31(22)23(32)14-30-12-18(13-30)25(33)34/h2-8,11-12,19H,9-10,13-16H2,1H3;1-7,10-11,18H,8-9,12-15H2,(H,33,34). The summed E-state index contributed by atoms with van der Waals surface area (Å²) in [5.74, 6) is -0.744. The highest BCUT2D eigenvalue weighted by molar-refractivity contribution is 7.13. The summed E-state index contributed by atoms with van der Waals surface area (Å²) in [7, 11) is 1.36. The number of thiophene rings is 2. The fourth-order valence-corrected chi connectivity index (χ4v) is 11.2. The van der Waals surface area contributed by atoms with Crippen LogP contribution in [0.15, 0.2) is 109 Å². The second-order valence-electron chi connectivity index (χ2n) is 18.0. The van der Waals surface area contributed by atoms with Crippen molar-refractivity contribution >= 4 is 57.8 Å². The van der Waals surface area contributed by atoms with Crippen molar-refractivity contribution in [2.24, 2.45) is 11.8 Å². The molecule has 4 aliphatic heterocycles. The highest BCUT2D eigenvalue weighted by Gasteiger charge is 2.39. The molecule has 0 saturated carbocycles. The van der Waals surface area contributed by atoms with Gasteiger partial charge in [0.2, 0.25) is 11.8 Å². The van der Waals surface area contributed by atoms with E-state index in [-0.39, 0.29) is 61.1 Å². The monoisotopic (exact) mass is 1050 g/mol. The van der Waals surface area contributed by atoms with Crippen molar-refractivity contribution in [2.45, 2.75) is 38.4 Å². The van der Waals surface area contributed by atoms with Gasteiger partial charge in [-0.15, -0.1) is 22.7 Å². The van der Waals surface area contributed by atoms with Crippen molar-refractivity contribution in [3.63, 3.8) is 0 Å². The Labute approximate surface area is 423 Å². The van der Waals surface area contributed by atoms with Gasteiger partial charge in [-0.25, -0.2) is 0 Å². The number of ether oxygens (including phenoxy) is 3. The van der Waals surface area contributed by atoms with E-state index in [4.69, 9.17) is 19.3 Å². The number of carbonyl (C=O) groups excluding carboxylic acids is 3. The number of aliphatic carboxylic acids is 1. The molecule has 2 saturated heterocycles. The van der Waals surface area contributed by atoms with Crippen LogP contribution in [0.5, 0.6) is 11.5 Å². The van der Waals surface area contributed by atoms with E-state index >= 15 is 0 Å². The van der Waals surface area contributed by atoms with Crippen molar-refractivity contribution in [1.29, 1.82) is 0 Å². The smallest absolute Gasteiger partial charge is 0.426 e. The molecule has 0 atom stereocenters. The number of esters is 1. The Kier molecular flexibility index (Phi) is 15.0. The van der Waals surface area contributed by atoms with Crippen molar-refractivity contribution in [2.75, 3.05) is 69.3 Å². The summed E-state index contributed by atoms with van der Waals surface area (Å²) in [4.78, 5) is 54.9. The van der Waals surface area contributed by atoms with Gasteiger partial charge < -0.3 is 29.1 Å². The van der Waals surface area contributed by atoms with Gasteiger partial charge in [-0.2, -0.15) is 26.3 Å². The van der Waals surface area contributed by atoms with Crippen molar-refractivity contribution in [3.8, 4) is 33.8 Å². The van der Waals surface area contributed by atoms with E-state index in [0.717, 1.165) is 22.5 Å². The molecular weight excluding hydrogens is 999 g/mol. The van der Waals surface area contributed by atoms with Crippen LogP contribution in [-0.2, 0) is 62.3 Å². The number of fused-ring (bicyclic) bond motifs is 2. The third-order valence-electron chi connectivity index (χ3n) is 13.0. The highest BCUT2D eigenvalue weighted by atomic mass is 32.1. The third kappa shape index (κ3) is 11.7. The minimum atomic E-state index is -4.46. The number of likely N-dealkylation sites (tertiary alicyclic amines) is 2. The zero-order valence-electron chi connectivity index (χ0n) is 39.2. The van der Waals surface area contributed by atoms with Crippen LogP contribution in [0, 0.1) is 11.8 Å². The second kappa shape index (κ2) is 21.4. The largest absolute Gasteiger partial charge is 0.488 e. The summed E-state index contributed by atoms with van der Waals surface area (Å²) in [5.41, 5.74) is 4.79. The quantitative estimate of drug-likeness (QED) is 0.0832. The van der Waals surface area contributed by atoms with Crippen molar-refractivity contribution in [1.82, 2.24) is 9.80 Å². The molecule has 20 heteroatoms. The van der Waals surface area contributed by atoms with Crippen LogP contribution in [0.2, 0.25) is 0 Å². The summed E-state index contributed by atoms with van der Waals surface area (Å²) in [6.07, 6.45) is -7.60. The van der Waals surface area contributed by atoms with Crippen LogP contribution in [-0.4, -0.2) is 98.1 Å². The molecule has 6 heterocycles. The molecule has 2 aromatic heterocycles. The van der Waals surface area contributed by atoms with E-state index in [1.165, 1.54) is 19.2 Å². The molecule has 1 N–H and O–H groups in total. The summed E-state index contributed by atoms with van der Waals surface area (Å²) in [5, 5.41) is 8.99. The Hall–Kier alpha value is -6.74. The summed E-state index contributed by atoms with van der Waals surface area (Å²) < 4.78 is 98.3. The number of carboxylic acids is 1. The molecule has 0 unspecified atom stereocenters. The minimum Gasteiger partial charge on any atom is -0.488 e. The van der Waals surface area contributed by atoms with Gasteiger partial charge in [0.1, 0.15) is 34.5 Å². The normalized spacial score (nSPS) is 15.9. The lowest BCUT2D eigenvalue weighted by Crippen LogP contribution is -2.54. The van der Waals surface area contributed by atoms with Gasteiger partial charge in [-0.3, -0.25) is 29.0 Å². The number of carbonyl (C=O) groups is 4. The number of nitrogens with zero attached hydrogens (tertiary/aromatic N) is 4. The van der Waals surface area contributed by atoms with Gasteiger partial charge in [0.05, 0.1) is 32.0 Å². The topological polar surface area (TPSA) is 129 Å². The third-order valence-corrected chi connectivity index (χ3v) is 15.3. The molecular formula is C53H48F6N4O8S2. The molecule has 0 bridgehead atoms. The molecule has 2 fully saturated rings. The summed E-state index contributed by atoms with van der Waals surface area (Å²) in [6, 6.07) is 30.8. The number of amides is 2. The van der Waals surface area contributed by atoms with Crippen LogP contribution in [0.4, 0.5) is 37.7 Å². The first-order chi connectivity index (χ1) is 34.9. The lowest BCUT2D eigenvalue weighted by atomic mass is 10.0. The van der Waals surface area contributed by atoms with E-state index in [0.29, 0.717) is 107 Å². The number of rotatable bonds is 14. The van der Waals surface area contributed by atoms with Crippen LogP contribution in [0.3, 0.4) is 0 Å². The van der Waals surface area contributed by atoms with Crippen LogP contribution in [0.25, 0.3) is 22.3 Å². The molecule has 73 heavy (non-hydrogen) atoms. The molecule has 4 aliphatic rings. The number of hydrogen-bond donors (Lipinski definition) is 1. The predicted octanol–water partition coefficient (Wildman–Crippen LogP) is 9.93. The van der Waals surface area contributed by atoms with Crippen molar-refractivity contribution in [3.05, 3.63) is 140 Å². The fourth-order valence-electron chi connectivity index (χ4n) is 9.30. The minimum absolute atomic E-state index is 0.00170. The summed E-state index contributed by atoms with van der Waals surface area (Å²) in [6.45, 7) is 3.26. The lowest BCUT2D eigenvalue weighted by molar-refractivity contribution is -0.152. The average molecular weight is 1050 g/mol. The Morgan fingerprint density at radius 1 is 0.589 bits per heavy atom. The molecule has 0 spiro atoms. The number of anilines is 2. The maximum Gasteiger partial charge on any atom is 0.426 e. The molecule has 4 aromatic carbocycles. The summed E-state index contributed by atoms with van der Waals surface area (Å²) >= 11 is 1.37. The number of hydrogen-bond acceptors (Lipinski definition) is 11. The van der Waals surface area contributed by atoms with Crippen LogP contribution < -0.4 is 19.3 Å². The van der Waals surface area contributed by atoms with Gasteiger partial charge in [0, 0.05) is 71.5 Å². The second-order valence-corrected chi connectivity index (χ2v) is 20.3. The lowest BCUT2D eigenvalue weighted by Gasteiger charge is -2.37. The van der Waals surface area contributed by atoms with Crippen LogP contribution >= 0.6 is 22.7 Å². The highest BCUT2D eigenvalue weighted by Crippen LogP contribution is 2.45. The number of methoxy groups -OCH3 is 1. The van der Waals surface area contributed by atoms with Gasteiger partial charge in [-0.05, 0) is 83.6 Å². The van der Waals surface area contributed by atoms with Gasteiger partial charge in [-0.1, -0.05) is 60.7 Å². The van der Waals surface area contributed by atoms with Gasteiger partial charge in [0.15, 0.2) is 0 Å². The fraction of sp³-hybridized carbons (Fsp3) is 0.321. The van der Waals surface area contributed by atoms with Crippen LogP contribution in [0.1, 0.15) is 30.6 Å². The maximum absolute atomic E-state index is 13.7. The SMILES string of the molecule is COC(=O)C1CN(CC(=O)N2CCc3cc(OCc4cc(-c5ccccc5)c(C(F)(F)F)s4)ccc32)C1.O=C(O)C1CN(CC(=O)N2CCc3cc(OCc4cc(-c5ccccc5)c(C(F)(F)F)s4)ccc32)C1. The molecule has 0 radical (unpaired) electrons. The van der Waals surface area contributed by atoms with E-state index in [1.807, 2.05) is 28.0 Å². The molecule has 2 amide bonds. The van der Waals surface area contributed by atoms with E-state index in [1.54, 1.807) is 88.7 Å². The number of halogens is 6. The molecule has 382 valence electrons. The Bertz CT molecular complexity index is 2990. The zero-order chi connectivity index (χ0) is 51.6. The molecule has 10 rings (SSSR count). The average Bonchev–Trinajstić information content (AvgIpc) is 4.17. The first-order valence-electron chi connectivity index (χ1n) is 23.3. The van der Waals surface area contributed by atoms with Crippen molar-refractivity contribution < 1.29 is 64.8 Å².